The predicted molar refractivity (Wildman–Crippen MR) is 141 cm³/mol. The smallest absolute Gasteiger partial charge is 0.294 e. The van der Waals surface area contributed by atoms with E-state index in [2.05, 4.69) is 61.2 Å². The fourth-order valence-electron chi connectivity index (χ4n) is 3.88. The Bertz CT molecular complexity index is 616. The Hall–Kier alpha value is -2.37. The molecule has 0 heterocycles. The third-order valence-electron chi connectivity index (χ3n) is 5.89. The molecule has 2 rings (SSSR count). The summed E-state index contributed by atoms with van der Waals surface area (Å²) in [6.45, 7) is 4.78. The molecule has 1 saturated carbocycles. The molecule has 1 aliphatic rings. The van der Waals surface area contributed by atoms with Gasteiger partial charge in [-0.1, -0.05) is 107 Å². The summed E-state index contributed by atoms with van der Waals surface area (Å²) in [4.78, 5) is 25.0. The molecule has 1 aromatic rings. The van der Waals surface area contributed by atoms with Gasteiger partial charge in [-0.15, -0.1) is 10.1 Å². The molecule has 0 unspecified atom stereocenters. The van der Waals surface area contributed by atoms with Crippen LogP contribution in [0.5, 0.6) is 0 Å². The number of allylic oxidation sites excluding steroid dienone is 2. The molecule has 1 aromatic carbocycles. The van der Waals surface area contributed by atoms with E-state index in [-0.39, 0.29) is 6.61 Å². The summed E-state index contributed by atoms with van der Waals surface area (Å²) >= 11 is 0. The van der Waals surface area contributed by atoms with Gasteiger partial charge in [-0.2, -0.15) is 0 Å². The second-order valence-corrected chi connectivity index (χ2v) is 8.94. The van der Waals surface area contributed by atoms with Crippen LogP contribution in [0, 0.1) is 16.0 Å². The van der Waals surface area contributed by atoms with E-state index in [1.165, 1.54) is 87.5 Å². The van der Waals surface area contributed by atoms with Crippen molar-refractivity contribution in [3.05, 3.63) is 58.2 Å². The van der Waals surface area contributed by atoms with Crippen molar-refractivity contribution in [1.29, 1.82) is 0 Å². The molecule has 6 heteroatoms. The number of aryl methyl sites for hydroxylation is 1. The van der Waals surface area contributed by atoms with Crippen LogP contribution in [0.1, 0.15) is 96.5 Å². The third-order valence-corrected chi connectivity index (χ3v) is 5.89. The van der Waals surface area contributed by atoms with Crippen LogP contribution in [0.4, 0.5) is 0 Å². The van der Waals surface area contributed by atoms with Crippen molar-refractivity contribution in [1.82, 2.24) is 4.90 Å². The normalized spacial score (nSPS) is 12.9. The fourth-order valence-corrected chi connectivity index (χ4v) is 3.88. The summed E-state index contributed by atoms with van der Waals surface area (Å²) < 4.78 is 0. The minimum atomic E-state index is -0.846. The number of nitrogens with zero attached hydrogens (tertiary/aromatic N) is 2. The first kappa shape index (κ1) is 31.6. The maximum absolute atomic E-state index is 9.98. The number of hydrogen-bond donors (Lipinski definition) is 0. The summed E-state index contributed by atoms with van der Waals surface area (Å²) in [6.07, 6.45) is 22.4. The average molecular weight is 477 g/mol. The van der Waals surface area contributed by atoms with E-state index in [4.69, 9.17) is 0 Å². The Morgan fingerprint density at radius 2 is 1.79 bits per heavy atom. The minimum Gasteiger partial charge on any atom is -0.348 e. The van der Waals surface area contributed by atoms with Crippen LogP contribution >= 0.6 is 0 Å². The van der Waals surface area contributed by atoms with Crippen LogP contribution in [0.15, 0.2) is 42.5 Å². The molecule has 0 atom stereocenters. The zero-order valence-electron chi connectivity index (χ0n) is 21.8. The molecule has 34 heavy (non-hydrogen) atoms. The number of unbranched alkanes of at least 4 members (excludes halogenated alkanes) is 4. The van der Waals surface area contributed by atoms with Crippen molar-refractivity contribution >= 4 is 6.41 Å². The molecule has 0 N–H and O–H groups in total. The lowest BCUT2D eigenvalue weighted by Gasteiger charge is -2.08. The first-order valence-corrected chi connectivity index (χ1v) is 13.1. The van der Waals surface area contributed by atoms with Crippen LogP contribution in [-0.2, 0) is 16.1 Å². The number of rotatable bonds is 15. The number of carbonyl (C=O) groups excluding carboxylic acids is 1. The van der Waals surface area contributed by atoms with Gasteiger partial charge >= 0.3 is 0 Å². The van der Waals surface area contributed by atoms with Gasteiger partial charge in [0.15, 0.2) is 0 Å². The number of amides is 1. The molecule has 0 aliphatic heterocycles. The molecule has 0 bridgehead atoms. The monoisotopic (exact) mass is 476 g/mol. The number of carbonyl (C=O) groups is 1. The first-order valence-electron chi connectivity index (χ1n) is 13.1. The molecule has 6 nitrogen and oxygen atoms in total. The van der Waals surface area contributed by atoms with Crippen LogP contribution in [-0.4, -0.2) is 36.6 Å². The summed E-state index contributed by atoms with van der Waals surface area (Å²) in [6, 6.07) is 10.9. The highest BCUT2D eigenvalue weighted by atomic mass is 16.9. The SMILES string of the molecule is C/C=C\CCCC.CN(C=O)CCCO[N+](=O)[O-].c1ccc(CCCCCC2CCCC2)cc1. The second-order valence-electron chi connectivity index (χ2n) is 8.94. The van der Waals surface area contributed by atoms with Crippen LogP contribution < -0.4 is 0 Å². The zero-order valence-corrected chi connectivity index (χ0v) is 21.8. The summed E-state index contributed by atoms with van der Waals surface area (Å²) in [5, 5.41) is 8.77. The lowest BCUT2D eigenvalue weighted by atomic mass is 9.98. The van der Waals surface area contributed by atoms with E-state index in [1.54, 1.807) is 7.05 Å². The quantitative estimate of drug-likeness (QED) is 0.0868. The molecule has 0 spiro atoms. The fraction of sp³-hybridized carbons (Fsp3) is 0.679. The van der Waals surface area contributed by atoms with E-state index < -0.39 is 5.09 Å². The van der Waals surface area contributed by atoms with Gasteiger partial charge in [-0.25, -0.2) is 0 Å². The molecule has 0 radical (unpaired) electrons. The summed E-state index contributed by atoms with van der Waals surface area (Å²) in [5.74, 6) is 1.08. The van der Waals surface area contributed by atoms with Gasteiger partial charge in [-0.3, -0.25) is 4.79 Å². The van der Waals surface area contributed by atoms with Gasteiger partial charge < -0.3 is 9.74 Å². The van der Waals surface area contributed by atoms with Crippen LogP contribution in [0.25, 0.3) is 0 Å². The Morgan fingerprint density at radius 3 is 2.38 bits per heavy atom. The molecule has 194 valence electrons. The Balaban J connectivity index is 0.000000528. The molecule has 1 amide bonds. The van der Waals surface area contributed by atoms with Gasteiger partial charge in [0.1, 0.15) is 0 Å². The maximum atomic E-state index is 9.98. The Kier molecular flexibility index (Phi) is 22.1. The first-order chi connectivity index (χ1) is 16.5. The Morgan fingerprint density at radius 1 is 1.09 bits per heavy atom. The van der Waals surface area contributed by atoms with E-state index in [1.807, 2.05) is 0 Å². The lowest BCUT2D eigenvalue weighted by molar-refractivity contribution is -0.757. The van der Waals surface area contributed by atoms with Crippen molar-refractivity contribution in [2.75, 3.05) is 20.2 Å². The van der Waals surface area contributed by atoms with Gasteiger partial charge in [0, 0.05) is 13.6 Å². The van der Waals surface area contributed by atoms with Gasteiger partial charge in [0.2, 0.25) is 6.41 Å². The molecule has 0 saturated heterocycles. The standard InChI is InChI=1S/C16H24.C7H14.C5H10N2O4/c1-3-9-15(10-4-1)11-5-2-6-12-16-13-7-8-14-16;1-3-5-7-6-4-2;1-6(5-8)3-2-4-11-7(9)10/h1,3-4,9-10,16H,2,5-8,11-14H2;3,5H,4,6-7H2,1-2H3;5H,2-4H2,1H3/b;5-3-;. The largest absolute Gasteiger partial charge is 0.348 e. The van der Waals surface area contributed by atoms with Crippen molar-refractivity contribution in [2.24, 2.45) is 5.92 Å². The predicted octanol–water partition coefficient (Wildman–Crippen LogP) is 7.41. The van der Waals surface area contributed by atoms with Crippen LogP contribution in [0.3, 0.4) is 0 Å². The molecule has 1 fully saturated rings. The number of benzene rings is 1. The van der Waals surface area contributed by atoms with Crippen molar-refractivity contribution in [3.63, 3.8) is 0 Å². The molecular formula is C28H48N2O4. The maximum Gasteiger partial charge on any atom is 0.294 e. The minimum absolute atomic E-state index is 0.0329. The highest BCUT2D eigenvalue weighted by molar-refractivity contribution is 5.46. The van der Waals surface area contributed by atoms with E-state index in [9.17, 15) is 14.9 Å². The summed E-state index contributed by atoms with van der Waals surface area (Å²) in [5.41, 5.74) is 1.50. The molecule has 1 aliphatic carbocycles. The van der Waals surface area contributed by atoms with Crippen molar-refractivity contribution in [2.45, 2.75) is 97.3 Å². The summed E-state index contributed by atoms with van der Waals surface area (Å²) in [7, 11) is 1.60. The molecule has 0 aromatic heterocycles. The third kappa shape index (κ3) is 21.5. The topological polar surface area (TPSA) is 72.7 Å². The highest BCUT2D eigenvalue weighted by Gasteiger charge is 2.13. The van der Waals surface area contributed by atoms with Crippen molar-refractivity contribution < 1.29 is 14.7 Å². The second kappa shape index (κ2) is 23.8. The van der Waals surface area contributed by atoms with Gasteiger partial charge in [-0.05, 0) is 44.1 Å². The van der Waals surface area contributed by atoms with Crippen molar-refractivity contribution in [3.8, 4) is 0 Å². The van der Waals surface area contributed by atoms with E-state index in [0.29, 0.717) is 19.4 Å². The lowest BCUT2D eigenvalue weighted by Crippen LogP contribution is -2.19. The van der Waals surface area contributed by atoms with Gasteiger partial charge in [0.25, 0.3) is 5.09 Å². The van der Waals surface area contributed by atoms with Crippen LogP contribution in [0.2, 0.25) is 0 Å². The highest BCUT2D eigenvalue weighted by Crippen LogP contribution is 2.29. The zero-order chi connectivity index (χ0) is 25.3. The average Bonchev–Trinajstić information content (AvgIpc) is 3.37. The van der Waals surface area contributed by atoms with Gasteiger partial charge in [0.05, 0.1) is 6.61 Å². The number of hydrogen-bond acceptors (Lipinski definition) is 4. The van der Waals surface area contributed by atoms with E-state index in [0.717, 1.165) is 5.92 Å². The van der Waals surface area contributed by atoms with E-state index >= 15 is 0 Å². The molecular weight excluding hydrogens is 428 g/mol. The Labute approximate surface area is 207 Å².